The normalized spacial score (nSPS) is 11.7. The second-order valence-corrected chi connectivity index (χ2v) is 6.69. The van der Waals surface area contributed by atoms with Crippen LogP contribution in [0.15, 0.2) is 27.2 Å². The van der Waals surface area contributed by atoms with Crippen molar-refractivity contribution < 1.29 is 9.21 Å². The first-order valence-electron chi connectivity index (χ1n) is 5.50. The average molecular weight is 282 g/mol. The molecule has 0 saturated heterocycles. The largest absolute Gasteiger partial charge is 0.410 e. The summed E-state index contributed by atoms with van der Waals surface area (Å²) in [7, 11) is 0. The number of thiophene rings is 1. The molecule has 2 aromatic heterocycles. The summed E-state index contributed by atoms with van der Waals surface area (Å²) in [5.74, 6) is 1.04. The third-order valence-electron chi connectivity index (χ3n) is 2.30. The quantitative estimate of drug-likeness (QED) is 0.803. The molecule has 0 aliphatic heterocycles. The molecular formula is C12H14N2O2S2. The zero-order valence-corrected chi connectivity index (χ0v) is 12.1. The topological polar surface area (TPSA) is 56.0 Å². The van der Waals surface area contributed by atoms with Gasteiger partial charge in [-0.05, 0) is 11.4 Å². The van der Waals surface area contributed by atoms with E-state index in [1.807, 2.05) is 38.3 Å². The Morgan fingerprint density at radius 2 is 2.22 bits per heavy atom. The Labute approximate surface area is 114 Å². The molecular weight excluding hydrogens is 268 g/mol. The van der Waals surface area contributed by atoms with Crippen molar-refractivity contribution in [2.75, 3.05) is 5.75 Å². The average Bonchev–Trinajstić information content (AvgIpc) is 2.94. The molecule has 0 bridgehead atoms. The molecule has 0 unspecified atom stereocenters. The first-order chi connectivity index (χ1) is 8.47. The number of rotatable bonds is 4. The van der Waals surface area contributed by atoms with E-state index in [0.717, 1.165) is 4.88 Å². The standard InChI is InChI=1S/C12H14N2O2S2/c1-12(2,3)9(15)7-18-11-14-13-10(16-11)8-5-4-6-17-8/h4-6H,7H2,1-3H3. The maximum atomic E-state index is 11.8. The minimum atomic E-state index is -0.330. The Morgan fingerprint density at radius 1 is 1.44 bits per heavy atom. The van der Waals surface area contributed by atoms with Gasteiger partial charge >= 0.3 is 0 Å². The lowest BCUT2D eigenvalue weighted by molar-refractivity contribution is -0.123. The fourth-order valence-corrected chi connectivity index (χ4v) is 2.68. The molecule has 0 aliphatic rings. The molecule has 2 heterocycles. The van der Waals surface area contributed by atoms with Crippen LogP contribution in [0, 0.1) is 5.41 Å². The summed E-state index contributed by atoms with van der Waals surface area (Å²) in [6, 6.07) is 3.85. The van der Waals surface area contributed by atoms with Crippen molar-refractivity contribution in [2.45, 2.75) is 26.0 Å². The van der Waals surface area contributed by atoms with Gasteiger partial charge in [0.2, 0.25) is 0 Å². The summed E-state index contributed by atoms with van der Waals surface area (Å²) in [6.45, 7) is 5.71. The van der Waals surface area contributed by atoms with Crippen LogP contribution in [0.25, 0.3) is 10.8 Å². The summed E-state index contributed by atoms with van der Waals surface area (Å²) in [5.41, 5.74) is -0.330. The fraction of sp³-hybridized carbons (Fsp3) is 0.417. The Bertz CT molecular complexity index is 527. The number of carbonyl (C=O) groups excluding carboxylic acids is 1. The molecule has 0 atom stereocenters. The van der Waals surface area contributed by atoms with Crippen molar-refractivity contribution in [2.24, 2.45) is 5.41 Å². The second-order valence-electron chi connectivity index (χ2n) is 4.81. The van der Waals surface area contributed by atoms with Crippen molar-refractivity contribution >= 4 is 28.9 Å². The van der Waals surface area contributed by atoms with Crippen molar-refractivity contribution in [3.63, 3.8) is 0 Å². The lowest BCUT2D eigenvalue weighted by atomic mass is 9.92. The van der Waals surface area contributed by atoms with E-state index in [1.54, 1.807) is 11.3 Å². The molecule has 18 heavy (non-hydrogen) atoms. The molecule has 0 aromatic carbocycles. The van der Waals surface area contributed by atoms with E-state index in [-0.39, 0.29) is 11.2 Å². The number of hydrogen-bond acceptors (Lipinski definition) is 6. The number of hydrogen-bond donors (Lipinski definition) is 0. The van der Waals surface area contributed by atoms with Crippen molar-refractivity contribution in [1.29, 1.82) is 0 Å². The van der Waals surface area contributed by atoms with E-state index in [1.165, 1.54) is 11.8 Å². The van der Waals surface area contributed by atoms with Gasteiger partial charge in [0.05, 0.1) is 10.6 Å². The van der Waals surface area contributed by atoms with Crippen molar-refractivity contribution in [3.05, 3.63) is 17.5 Å². The summed E-state index contributed by atoms with van der Waals surface area (Å²) in [5, 5.41) is 10.3. The van der Waals surface area contributed by atoms with E-state index in [4.69, 9.17) is 4.42 Å². The molecule has 0 aliphatic carbocycles. The molecule has 2 rings (SSSR count). The molecule has 0 spiro atoms. The fourth-order valence-electron chi connectivity index (χ4n) is 1.11. The van der Waals surface area contributed by atoms with Crippen LogP contribution in [-0.2, 0) is 4.79 Å². The van der Waals surface area contributed by atoms with Gasteiger partial charge in [-0.3, -0.25) is 4.79 Å². The molecule has 0 saturated carbocycles. The first-order valence-corrected chi connectivity index (χ1v) is 7.37. The number of aromatic nitrogens is 2. The van der Waals surface area contributed by atoms with Gasteiger partial charge in [-0.15, -0.1) is 21.5 Å². The van der Waals surface area contributed by atoms with E-state index in [2.05, 4.69) is 10.2 Å². The maximum absolute atomic E-state index is 11.8. The first kappa shape index (κ1) is 13.3. The monoisotopic (exact) mass is 282 g/mol. The smallest absolute Gasteiger partial charge is 0.277 e. The third-order valence-corrected chi connectivity index (χ3v) is 3.98. The summed E-state index contributed by atoms with van der Waals surface area (Å²) in [4.78, 5) is 12.7. The van der Waals surface area contributed by atoms with E-state index in [9.17, 15) is 4.79 Å². The molecule has 0 amide bonds. The zero-order chi connectivity index (χ0) is 13.2. The lowest BCUT2D eigenvalue weighted by Crippen LogP contribution is -2.21. The molecule has 6 heteroatoms. The lowest BCUT2D eigenvalue weighted by Gasteiger charge is -2.14. The zero-order valence-electron chi connectivity index (χ0n) is 10.5. The van der Waals surface area contributed by atoms with Crippen molar-refractivity contribution in [3.8, 4) is 10.8 Å². The molecule has 0 radical (unpaired) electrons. The number of ketones is 1. The van der Waals surface area contributed by atoms with Crippen molar-refractivity contribution in [1.82, 2.24) is 10.2 Å². The number of thioether (sulfide) groups is 1. The highest BCUT2D eigenvalue weighted by Crippen LogP contribution is 2.27. The van der Waals surface area contributed by atoms with Crippen LogP contribution in [-0.4, -0.2) is 21.7 Å². The Balaban J connectivity index is 1.98. The summed E-state index contributed by atoms with van der Waals surface area (Å²) >= 11 is 2.83. The van der Waals surface area contributed by atoms with Gasteiger partial charge in [0, 0.05) is 5.41 Å². The van der Waals surface area contributed by atoms with Crippen LogP contribution in [0.3, 0.4) is 0 Å². The van der Waals surface area contributed by atoms with E-state index >= 15 is 0 Å². The van der Waals surface area contributed by atoms with Crippen LogP contribution in [0.5, 0.6) is 0 Å². The predicted molar refractivity (Wildman–Crippen MR) is 72.8 cm³/mol. The predicted octanol–water partition coefficient (Wildman–Crippen LogP) is 3.51. The molecule has 2 aromatic rings. The maximum Gasteiger partial charge on any atom is 0.277 e. The number of carbonyl (C=O) groups is 1. The third kappa shape index (κ3) is 3.20. The molecule has 0 N–H and O–H groups in total. The Kier molecular flexibility index (Phi) is 3.87. The minimum absolute atomic E-state index is 0.170. The highest BCUT2D eigenvalue weighted by Gasteiger charge is 2.22. The van der Waals surface area contributed by atoms with Gasteiger partial charge in [0.1, 0.15) is 5.78 Å². The van der Waals surface area contributed by atoms with Crippen LogP contribution in [0.1, 0.15) is 20.8 Å². The minimum Gasteiger partial charge on any atom is -0.410 e. The van der Waals surface area contributed by atoms with Gasteiger partial charge in [-0.1, -0.05) is 38.6 Å². The summed E-state index contributed by atoms with van der Waals surface area (Å²) < 4.78 is 5.49. The van der Waals surface area contributed by atoms with Gasteiger partial charge in [0.25, 0.3) is 11.1 Å². The Morgan fingerprint density at radius 3 is 2.83 bits per heavy atom. The highest BCUT2D eigenvalue weighted by molar-refractivity contribution is 7.99. The highest BCUT2D eigenvalue weighted by atomic mass is 32.2. The van der Waals surface area contributed by atoms with E-state index in [0.29, 0.717) is 16.9 Å². The van der Waals surface area contributed by atoms with Crippen LogP contribution >= 0.6 is 23.1 Å². The van der Waals surface area contributed by atoms with Crippen LogP contribution in [0.2, 0.25) is 0 Å². The van der Waals surface area contributed by atoms with E-state index < -0.39 is 0 Å². The summed E-state index contributed by atoms with van der Waals surface area (Å²) in [6.07, 6.45) is 0. The number of Topliss-reactive ketones (excluding diaryl/α,β-unsaturated/α-hetero) is 1. The van der Waals surface area contributed by atoms with Gasteiger partial charge in [-0.25, -0.2) is 0 Å². The molecule has 4 nitrogen and oxygen atoms in total. The second kappa shape index (κ2) is 5.24. The SMILES string of the molecule is CC(C)(C)C(=O)CSc1nnc(-c2cccs2)o1. The Hall–Kier alpha value is -1.14. The van der Waals surface area contributed by atoms with Gasteiger partial charge < -0.3 is 4.42 Å². The van der Waals surface area contributed by atoms with Gasteiger partial charge in [0.15, 0.2) is 0 Å². The van der Waals surface area contributed by atoms with Crippen LogP contribution < -0.4 is 0 Å². The molecule has 0 fully saturated rings. The number of nitrogens with zero attached hydrogens (tertiary/aromatic N) is 2. The molecule has 96 valence electrons. The van der Waals surface area contributed by atoms with Crippen LogP contribution in [0.4, 0.5) is 0 Å². The van der Waals surface area contributed by atoms with Gasteiger partial charge in [-0.2, -0.15) is 0 Å².